The lowest BCUT2D eigenvalue weighted by Gasteiger charge is -2.15. The highest BCUT2D eigenvalue weighted by Crippen LogP contribution is 2.29. The van der Waals surface area contributed by atoms with Gasteiger partial charge in [0.2, 0.25) is 0 Å². The van der Waals surface area contributed by atoms with Gasteiger partial charge in [-0.25, -0.2) is 4.99 Å². The number of aryl methyl sites for hydroxylation is 10. The molecule has 0 saturated heterocycles. The fourth-order valence-corrected chi connectivity index (χ4v) is 10.4. The molecule has 0 heterocycles. The summed E-state index contributed by atoms with van der Waals surface area (Å²) in [6, 6.07) is 64.4. The van der Waals surface area contributed by atoms with Gasteiger partial charge in [0.05, 0.1) is 6.04 Å². The van der Waals surface area contributed by atoms with Crippen molar-refractivity contribution in [2.45, 2.75) is 183 Å². The Morgan fingerprint density at radius 2 is 0.699 bits per heavy atom. The molecule has 1 unspecified atom stereocenters. The number of allylic oxidation sites excluding steroid dienone is 11. The maximum absolute atomic E-state index is 5.09. The van der Waals surface area contributed by atoms with Crippen molar-refractivity contribution in [1.82, 2.24) is 0 Å². The van der Waals surface area contributed by atoms with Crippen LogP contribution in [0.1, 0.15) is 181 Å². The fraction of sp³-hybridized carbons (Fsp3) is 0.297. The van der Waals surface area contributed by atoms with Gasteiger partial charge in [0.1, 0.15) is 0 Å². The van der Waals surface area contributed by atoms with Crippen LogP contribution in [0.15, 0.2) is 277 Å². The van der Waals surface area contributed by atoms with E-state index in [1.807, 2.05) is 67.5 Å². The molecule has 0 fully saturated rings. The highest BCUT2D eigenvalue weighted by molar-refractivity contribution is 6.11. The second-order valence-electron chi connectivity index (χ2n) is 22.7. The lowest BCUT2D eigenvalue weighted by molar-refractivity contribution is 0.812. The highest BCUT2D eigenvalue weighted by Gasteiger charge is 2.14. The molecule has 0 spiro atoms. The first-order valence-corrected chi connectivity index (χ1v) is 34.3. The molecule has 0 saturated carbocycles. The van der Waals surface area contributed by atoms with Crippen LogP contribution < -0.4 is 0 Å². The molecule has 0 radical (unpaired) electrons. The largest absolute Gasteiger partial charge is 0.259 e. The minimum Gasteiger partial charge on any atom is -0.259 e. The number of aliphatic imine (C=N–C) groups is 2. The molecular weight excluding hydrogens is 1120 g/mol. The number of hydrogen-bond acceptors (Lipinski definition) is 1. The summed E-state index contributed by atoms with van der Waals surface area (Å²) in [6.07, 6.45) is 25.7. The zero-order valence-electron chi connectivity index (χ0n) is 61.1. The minimum atomic E-state index is 0.0613. The molecule has 2 aliphatic rings. The quantitative estimate of drug-likeness (QED) is 0.0863. The smallest absolute Gasteiger partial charge is 0.151 e. The van der Waals surface area contributed by atoms with Gasteiger partial charge >= 0.3 is 0 Å². The van der Waals surface area contributed by atoms with E-state index in [9.17, 15) is 0 Å². The monoisotopic (exact) mass is 1240 g/mol. The molecule has 2 aliphatic carbocycles. The van der Waals surface area contributed by atoms with E-state index in [-0.39, 0.29) is 6.04 Å². The lowest BCUT2D eigenvalue weighted by atomic mass is 9.97. The summed E-state index contributed by atoms with van der Waals surface area (Å²) in [5.41, 5.74) is 27.9. The van der Waals surface area contributed by atoms with E-state index in [0.29, 0.717) is 0 Å². The van der Waals surface area contributed by atoms with Gasteiger partial charge < -0.3 is 0 Å². The summed E-state index contributed by atoms with van der Waals surface area (Å²) >= 11 is 0. The molecule has 10 rings (SSSR count). The fourth-order valence-electron chi connectivity index (χ4n) is 10.4. The van der Waals surface area contributed by atoms with Crippen molar-refractivity contribution in [2.24, 2.45) is 9.98 Å². The van der Waals surface area contributed by atoms with Crippen molar-refractivity contribution >= 4 is 11.5 Å². The third-order valence-corrected chi connectivity index (χ3v) is 15.3. The first kappa shape index (κ1) is 80.4. The average Bonchev–Trinajstić information content (AvgIpc) is 1.26. The summed E-state index contributed by atoms with van der Waals surface area (Å²) in [6.45, 7) is 49.7. The van der Waals surface area contributed by atoms with Crippen molar-refractivity contribution in [1.29, 1.82) is 0 Å². The van der Waals surface area contributed by atoms with Crippen LogP contribution in [0.25, 0.3) is 33.4 Å². The van der Waals surface area contributed by atoms with E-state index in [1.54, 1.807) is 0 Å². The molecule has 0 amide bonds. The van der Waals surface area contributed by atoms with Crippen molar-refractivity contribution < 1.29 is 0 Å². The van der Waals surface area contributed by atoms with Gasteiger partial charge in [0, 0.05) is 5.71 Å². The third-order valence-electron chi connectivity index (χ3n) is 15.3. The minimum absolute atomic E-state index is 0.0613. The number of nitrogens with zero attached hydrogens (tertiary/aromatic N) is 2. The van der Waals surface area contributed by atoms with Gasteiger partial charge in [-0.1, -0.05) is 327 Å². The Kier molecular flexibility index (Phi) is 40.1. The second kappa shape index (κ2) is 46.4. The van der Waals surface area contributed by atoms with E-state index < -0.39 is 0 Å². The normalized spacial score (nSPS) is 13.7. The number of benzene rings is 8. The molecule has 93 heavy (non-hydrogen) atoms. The lowest BCUT2D eigenvalue weighted by Crippen LogP contribution is -2.09. The Labute approximate surface area is 568 Å². The number of hydrogen-bond donors (Lipinski definition) is 0. The maximum atomic E-state index is 5.09. The van der Waals surface area contributed by atoms with Gasteiger partial charge in [-0.05, 0) is 216 Å². The van der Waals surface area contributed by atoms with Gasteiger partial charge in [-0.2, -0.15) is 0 Å². The van der Waals surface area contributed by atoms with Crippen LogP contribution in [0, 0.1) is 69.2 Å². The summed E-state index contributed by atoms with van der Waals surface area (Å²) in [5, 5.41) is 0. The second-order valence-corrected chi connectivity index (χ2v) is 22.7. The van der Waals surface area contributed by atoms with Crippen molar-refractivity contribution in [3.8, 4) is 33.4 Å². The predicted octanol–water partition coefficient (Wildman–Crippen LogP) is 27.5. The van der Waals surface area contributed by atoms with Crippen molar-refractivity contribution in [2.75, 3.05) is 0 Å². The molecule has 490 valence electrons. The van der Waals surface area contributed by atoms with E-state index in [1.165, 1.54) is 106 Å². The Balaban J connectivity index is 0.000000400. The van der Waals surface area contributed by atoms with Crippen molar-refractivity contribution in [3.05, 3.63) is 333 Å². The van der Waals surface area contributed by atoms with Gasteiger partial charge in [0.15, 0.2) is 5.84 Å². The SMILES string of the molecule is C=C1/C=C\C=C/CC/C=C\CCC1=C.CC.CC.CC.CC.CC(=NC(=NC(C)c1cc(C)cc(C)c1)C1=CC=CCC1)c1cc(C)cc(C)c1.Cc1ccccc1-c1ccccc1C.Cc1ccccc1-c1ccccc1C.Cc1ccccc1-c1ccccc1C. The van der Waals surface area contributed by atoms with Crippen LogP contribution in [0.2, 0.25) is 0 Å². The first-order valence-electron chi connectivity index (χ1n) is 34.3. The Hall–Kier alpha value is -8.72. The molecule has 0 N–H and O–H groups in total. The third kappa shape index (κ3) is 28.8. The molecule has 8 aromatic rings. The van der Waals surface area contributed by atoms with Gasteiger partial charge in [-0.3, -0.25) is 4.99 Å². The molecule has 2 nitrogen and oxygen atoms in total. The Morgan fingerprint density at radius 1 is 0.376 bits per heavy atom. The van der Waals surface area contributed by atoms with Gasteiger partial charge in [-0.15, -0.1) is 0 Å². The van der Waals surface area contributed by atoms with E-state index in [0.717, 1.165) is 61.2 Å². The molecule has 1 atom stereocenters. The van der Waals surface area contributed by atoms with Crippen molar-refractivity contribution in [3.63, 3.8) is 0 Å². The highest BCUT2D eigenvalue weighted by atomic mass is 14.9. The summed E-state index contributed by atoms with van der Waals surface area (Å²) in [7, 11) is 0. The zero-order chi connectivity index (χ0) is 69.1. The number of rotatable bonds is 7. The topological polar surface area (TPSA) is 24.7 Å². The van der Waals surface area contributed by atoms with Crippen LogP contribution in [0.3, 0.4) is 0 Å². The Bertz CT molecular complexity index is 3350. The predicted molar refractivity (Wildman–Crippen MR) is 420 cm³/mol. The first-order chi connectivity index (χ1) is 45.0. The summed E-state index contributed by atoms with van der Waals surface area (Å²) in [4.78, 5) is 10.1. The zero-order valence-corrected chi connectivity index (χ0v) is 61.1. The van der Waals surface area contributed by atoms with Crippen LogP contribution in [0.4, 0.5) is 0 Å². The molecule has 2 heteroatoms. The molecule has 0 bridgehead atoms. The maximum Gasteiger partial charge on any atom is 0.151 e. The van der Waals surface area contributed by atoms with E-state index in [2.05, 4.69) is 321 Å². The van der Waals surface area contributed by atoms with Crippen LogP contribution in [-0.2, 0) is 0 Å². The summed E-state index contributed by atoms with van der Waals surface area (Å²) < 4.78 is 0. The van der Waals surface area contributed by atoms with E-state index in [4.69, 9.17) is 9.98 Å². The standard InChI is InChI=1S/C27H32N2.3C14H14.C14H18.4C2H6/c1-18-12-19(2)15-25(14-18)22(5)28-27(24-10-8-7-9-11-24)29-23(6)26-16-20(3)13-21(4)17-26;3*1-11-7-3-5-9-13(11)14-10-6-4-8-12(14)2;1-13-11-9-7-5-3-4-6-8-10-12-14(13)2;4*1-2/h7-8,10,12-17,22H,9,11H2,1-6H3;3*3-10H,1-2H3;5-9,11H,1-4,10,12H2;4*1-2H3/b;;;;7-5-,8-6-,11-9-;;;;. The van der Waals surface area contributed by atoms with Crippen LogP contribution >= 0.6 is 0 Å². The molecule has 8 aromatic carbocycles. The van der Waals surface area contributed by atoms with Gasteiger partial charge in [0.25, 0.3) is 0 Å². The Morgan fingerprint density at radius 3 is 1.05 bits per heavy atom. The molecular formula is C91H116N2. The van der Waals surface area contributed by atoms with Crippen LogP contribution in [-0.4, -0.2) is 11.5 Å². The molecule has 0 aromatic heterocycles. The number of amidine groups is 1. The summed E-state index contributed by atoms with van der Waals surface area (Å²) in [5.74, 6) is 0.859. The molecule has 0 aliphatic heterocycles. The average molecular weight is 1240 g/mol. The van der Waals surface area contributed by atoms with Crippen LogP contribution in [0.5, 0.6) is 0 Å². The van der Waals surface area contributed by atoms with E-state index >= 15 is 0 Å².